The molecule has 13 heavy (non-hydrogen) atoms. The maximum atomic E-state index is 10.2. The van der Waals surface area contributed by atoms with Crippen molar-refractivity contribution in [2.45, 2.75) is 27.7 Å². The highest BCUT2D eigenvalue weighted by Crippen LogP contribution is 1.92. The summed E-state index contributed by atoms with van der Waals surface area (Å²) in [4.78, 5) is 20.0. The van der Waals surface area contributed by atoms with Gasteiger partial charge in [-0.05, 0) is 5.92 Å². The lowest BCUT2D eigenvalue weighted by Crippen LogP contribution is -2.18. The molecule has 0 bridgehead atoms. The Hall–Kier alpha value is -0.900. The molecule has 0 heterocycles. The van der Waals surface area contributed by atoms with E-state index in [9.17, 15) is 9.59 Å². The fourth-order valence-electron chi connectivity index (χ4n) is 0.247. The van der Waals surface area contributed by atoms with Gasteiger partial charge < -0.3 is 10.2 Å². The number of Topliss-reactive ketones (excluding diaryl/α,β-unsaturated/α-hetero) is 1. The van der Waals surface area contributed by atoms with Gasteiger partial charge in [-0.2, -0.15) is 0 Å². The predicted octanol–water partition coefficient (Wildman–Crippen LogP) is 0.931. The summed E-state index contributed by atoms with van der Waals surface area (Å²) in [5.41, 5.74) is 0. The number of rotatable bonds is 3. The van der Waals surface area contributed by atoms with Gasteiger partial charge in [-0.25, -0.2) is 4.79 Å². The van der Waals surface area contributed by atoms with Crippen molar-refractivity contribution in [2.75, 3.05) is 6.61 Å². The smallest absolute Gasteiger partial charge is 0.372 e. The highest BCUT2D eigenvalue weighted by molar-refractivity contribution is 6.33. The Balaban J connectivity index is 0. The van der Waals surface area contributed by atoms with E-state index in [4.69, 9.17) is 10.2 Å². The van der Waals surface area contributed by atoms with Gasteiger partial charge in [-0.1, -0.05) is 27.7 Å². The summed E-state index contributed by atoms with van der Waals surface area (Å²) in [6.45, 7) is 7.35. The fraction of sp³-hybridized carbons (Fsp3) is 0.778. The van der Waals surface area contributed by atoms with Crippen LogP contribution in [0.25, 0.3) is 0 Å². The van der Waals surface area contributed by atoms with Crippen molar-refractivity contribution in [1.82, 2.24) is 0 Å². The topological polar surface area (TPSA) is 74.6 Å². The average molecular weight is 190 g/mol. The number of aliphatic hydroxyl groups excluding tert-OH is 1. The SMILES string of the molecule is CC(C)C(=O)C(=O)O.CC(C)CO. The van der Waals surface area contributed by atoms with Crippen molar-refractivity contribution in [1.29, 1.82) is 0 Å². The van der Waals surface area contributed by atoms with Crippen molar-refractivity contribution >= 4 is 11.8 Å². The fourth-order valence-corrected chi connectivity index (χ4v) is 0.247. The van der Waals surface area contributed by atoms with Gasteiger partial charge in [0.25, 0.3) is 0 Å². The molecule has 0 unspecified atom stereocenters. The average Bonchev–Trinajstić information content (AvgIpc) is 2.03. The van der Waals surface area contributed by atoms with Crippen molar-refractivity contribution in [3.63, 3.8) is 0 Å². The molecule has 0 aromatic heterocycles. The second-order valence-corrected chi connectivity index (χ2v) is 3.40. The minimum Gasteiger partial charge on any atom is -0.475 e. The molecule has 0 fully saturated rings. The molecule has 0 saturated carbocycles. The molecule has 0 radical (unpaired) electrons. The van der Waals surface area contributed by atoms with Gasteiger partial charge in [0.1, 0.15) is 0 Å². The molecule has 78 valence electrons. The van der Waals surface area contributed by atoms with E-state index in [0.717, 1.165) is 0 Å². The third-order valence-corrected chi connectivity index (χ3v) is 1.10. The van der Waals surface area contributed by atoms with Gasteiger partial charge in [0.15, 0.2) is 0 Å². The minimum atomic E-state index is -1.35. The van der Waals surface area contributed by atoms with Gasteiger partial charge in [0.2, 0.25) is 5.78 Å². The van der Waals surface area contributed by atoms with Crippen molar-refractivity contribution in [3.8, 4) is 0 Å². The van der Waals surface area contributed by atoms with E-state index < -0.39 is 17.7 Å². The van der Waals surface area contributed by atoms with Crippen molar-refractivity contribution in [3.05, 3.63) is 0 Å². The van der Waals surface area contributed by atoms with Crippen LogP contribution in [0, 0.1) is 11.8 Å². The minimum absolute atomic E-state index is 0.306. The number of hydrogen-bond acceptors (Lipinski definition) is 3. The Morgan fingerprint density at radius 3 is 1.46 bits per heavy atom. The van der Waals surface area contributed by atoms with E-state index in [1.54, 1.807) is 13.8 Å². The first-order chi connectivity index (χ1) is 5.82. The summed E-state index contributed by atoms with van der Waals surface area (Å²) in [7, 11) is 0. The molecule has 0 aliphatic rings. The van der Waals surface area contributed by atoms with Gasteiger partial charge in [-0.3, -0.25) is 4.79 Å². The zero-order chi connectivity index (χ0) is 11.0. The van der Waals surface area contributed by atoms with Crippen LogP contribution in [0.4, 0.5) is 0 Å². The van der Waals surface area contributed by atoms with Gasteiger partial charge >= 0.3 is 5.97 Å². The van der Waals surface area contributed by atoms with E-state index in [2.05, 4.69) is 0 Å². The van der Waals surface area contributed by atoms with Crippen LogP contribution < -0.4 is 0 Å². The van der Waals surface area contributed by atoms with Crippen LogP contribution in [0.3, 0.4) is 0 Å². The second kappa shape index (κ2) is 7.73. The number of hydrogen-bond donors (Lipinski definition) is 2. The third kappa shape index (κ3) is 11.1. The first-order valence-electron chi connectivity index (χ1n) is 4.20. The number of carboxylic acid groups (broad SMARTS) is 1. The standard InChI is InChI=1S/C5H8O3.C4H10O/c1-3(2)4(6)5(7)8;1-4(2)3-5/h3H,1-2H3,(H,7,8);4-5H,3H2,1-2H3. The summed E-state index contributed by atoms with van der Waals surface area (Å²) in [5, 5.41) is 16.1. The number of carbonyl (C=O) groups is 2. The van der Waals surface area contributed by atoms with Crippen LogP contribution in [-0.4, -0.2) is 28.6 Å². The molecule has 0 saturated heterocycles. The lowest BCUT2D eigenvalue weighted by atomic mass is 10.1. The lowest BCUT2D eigenvalue weighted by Gasteiger charge is -1.93. The van der Waals surface area contributed by atoms with Crippen LogP contribution in [-0.2, 0) is 9.59 Å². The first-order valence-corrected chi connectivity index (χ1v) is 4.20. The summed E-state index contributed by atoms with van der Waals surface area (Å²) in [5.74, 6) is -2.03. The Kier molecular flexibility index (Phi) is 8.69. The van der Waals surface area contributed by atoms with Crippen LogP contribution in [0.5, 0.6) is 0 Å². The first kappa shape index (κ1) is 14.6. The van der Waals surface area contributed by atoms with E-state index >= 15 is 0 Å². The predicted molar refractivity (Wildman–Crippen MR) is 49.4 cm³/mol. The van der Waals surface area contributed by atoms with E-state index in [1.807, 2.05) is 13.8 Å². The van der Waals surface area contributed by atoms with Crippen LogP contribution in [0.1, 0.15) is 27.7 Å². The number of ketones is 1. The quantitative estimate of drug-likeness (QED) is 0.649. The summed E-state index contributed by atoms with van der Waals surface area (Å²) in [6.07, 6.45) is 0. The van der Waals surface area contributed by atoms with Gasteiger partial charge in [-0.15, -0.1) is 0 Å². The van der Waals surface area contributed by atoms with Gasteiger partial charge in [0, 0.05) is 12.5 Å². The highest BCUT2D eigenvalue weighted by Gasteiger charge is 2.14. The monoisotopic (exact) mass is 190 g/mol. The van der Waals surface area contributed by atoms with Crippen LogP contribution >= 0.6 is 0 Å². The Morgan fingerprint density at radius 2 is 1.46 bits per heavy atom. The molecule has 0 spiro atoms. The summed E-state index contributed by atoms with van der Waals surface area (Å²) < 4.78 is 0. The van der Waals surface area contributed by atoms with Crippen LogP contribution in [0.2, 0.25) is 0 Å². The maximum Gasteiger partial charge on any atom is 0.372 e. The number of aliphatic hydroxyl groups is 1. The third-order valence-electron chi connectivity index (χ3n) is 1.10. The number of carboxylic acids is 1. The molecule has 0 rings (SSSR count). The normalized spacial score (nSPS) is 9.46. The maximum absolute atomic E-state index is 10.2. The van der Waals surface area contributed by atoms with E-state index in [0.29, 0.717) is 12.5 Å². The summed E-state index contributed by atoms with van der Waals surface area (Å²) >= 11 is 0. The largest absolute Gasteiger partial charge is 0.475 e. The molecule has 0 aliphatic carbocycles. The van der Waals surface area contributed by atoms with Gasteiger partial charge in [0.05, 0.1) is 0 Å². The molecule has 4 nitrogen and oxygen atoms in total. The number of aliphatic carboxylic acids is 1. The Labute approximate surface area is 78.6 Å². The zero-order valence-corrected chi connectivity index (χ0v) is 8.57. The molecule has 2 N–H and O–H groups in total. The molecule has 0 aromatic carbocycles. The molecule has 0 aliphatic heterocycles. The van der Waals surface area contributed by atoms with Crippen molar-refractivity contribution in [2.24, 2.45) is 11.8 Å². The number of carbonyl (C=O) groups excluding carboxylic acids is 1. The summed E-state index contributed by atoms with van der Waals surface area (Å²) in [6, 6.07) is 0. The molecular weight excluding hydrogens is 172 g/mol. The zero-order valence-electron chi connectivity index (χ0n) is 8.57. The molecule has 4 heteroatoms. The molecule has 0 atom stereocenters. The van der Waals surface area contributed by atoms with Crippen LogP contribution in [0.15, 0.2) is 0 Å². The van der Waals surface area contributed by atoms with Crippen molar-refractivity contribution < 1.29 is 19.8 Å². The molecule has 0 amide bonds. The lowest BCUT2D eigenvalue weighted by molar-refractivity contribution is -0.150. The highest BCUT2D eigenvalue weighted by atomic mass is 16.4. The Bertz CT molecular complexity index is 161. The van der Waals surface area contributed by atoms with E-state index in [-0.39, 0.29) is 0 Å². The van der Waals surface area contributed by atoms with E-state index in [1.165, 1.54) is 0 Å². The molecule has 0 aromatic rings. The molecular formula is C9H18O4. The Morgan fingerprint density at radius 1 is 1.15 bits per heavy atom. The second-order valence-electron chi connectivity index (χ2n) is 3.40.